The second kappa shape index (κ2) is 7.10. The summed E-state index contributed by atoms with van der Waals surface area (Å²) in [5, 5.41) is -0.00957. The van der Waals surface area contributed by atoms with Crippen molar-refractivity contribution in [3.63, 3.8) is 0 Å². The van der Waals surface area contributed by atoms with Crippen LogP contribution in [-0.2, 0) is 0 Å². The number of halogens is 2. The van der Waals surface area contributed by atoms with Crippen molar-refractivity contribution in [1.82, 2.24) is 4.98 Å². The van der Waals surface area contributed by atoms with Gasteiger partial charge in [-0.3, -0.25) is 4.79 Å². The van der Waals surface area contributed by atoms with Crippen LogP contribution in [-0.4, -0.2) is 11.6 Å². The van der Waals surface area contributed by atoms with Crippen LogP contribution in [0.4, 0.5) is 4.39 Å². The number of aromatic amines is 1. The maximum Gasteiger partial charge on any atom is 0.270 e. The van der Waals surface area contributed by atoms with Crippen LogP contribution in [0.1, 0.15) is 19.5 Å². The first kappa shape index (κ1) is 16.2. The summed E-state index contributed by atoms with van der Waals surface area (Å²) in [4.78, 5) is 14.0. The van der Waals surface area contributed by atoms with E-state index in [4.69, 9.17) is 16.3 Å². The Hall–Kier alpha value is -1.81. The Labute approximate surface area is 122 Å². The summed E-state index contributed by atoms with van der Waals surface area (Å²) < 4.78 is 18.6. The average Bonchev–Trinajstić information content (AvgIpc) is 2.40. The number of allylic oxidation sites excluding steroid dienone is 3. The summed E-state index contributed by atoms with van der Waals surface area (Å²) in [6.45, 7) is 9.01. The molecule has 0 saturated heterocycles. The van der Waals surface area contributed by atoms with Crippen LogP contribution in [0.15, 0.2) is 46.6 Å². The quantitative estimate of drug-likeness (QED) is 0.832. The second-order valence-electron chi connectivity index (χ2n) is 4.35. The van der Waals surface area contributed by atoms with Crippen LogP contribution in [0.3, 0.4) is 0 Å². The largest absolute Gasteiger partial charge is 0.487 e. The van der Waals surface area contributed by atoms with Gasteiger partial charge in [0.25, 0.3) is 5.56 Å². The highest BCUT2D eigenvalue weighted by atomic mass is 35.5. The number of aryl methyl sites for hydroxylation is 1. The topological polar surface area (TPSA) is 42.1 Å². The van der Waals surface area contributed by atoms with Crippen LogP contribution < -0.4 is 10.3 Å². The highest BCUT2D eigenvalue weighted by Crippen LogP contribution is 2.22. The molecule has 1 rings (SSSR count). The van der Waals surface area contributed by atoms with Gasteiger partial charge in [-0.05, 0) is 38.0 Å². The van der Waals surface area contributed by atoms with Crippen molar-refractivity contribution >= 4 is 11.6 Å². The van der Waals surface area contributed by atoms with E-state index in [0.717, 1.165) is 0 Å². The summed E-state index contributed by atoms with van der Waals surface area (Å²) in [7, 11) is 0. The van der Waals surface area contributed by atoms with Gasteiger partial charge in [0.1, 0.15) is 23.2 Å². The number of H-pyrrole nitrogens is 1. The molecule has 1 heterocycles. The van der Waals surface area contributed by atoms with E-state index in [0.29, 0.717) is 16.8 Å². The minimum atomic E-state index is -0.403. The van der Waals surface area contributed by atoms with Crippen LogP contribution in [0.5, 0.6) is 5.75 Å². The standard InChI is InChI=1S/C15H17ClFNO2/c1-5-12(17)6-9(2)10(3)8-20-13-7-11(4)18-15(19)14(13)16/h5-7H,3,8H2,1-2,4H3,(H,18,19)/b9-6-,12-5+. The molecule has 3 nitrogen and oxygen atoms in total. The molecule has 0 unspecified atom stereocenters. The fourth-order valence-electron chi connectivity index (χ4n) is 1.42. The zero-order valence-electron chi connectivity index (χ0n) is 11.7. The molecule has 1 aromatic heterocycles. The maximum atomic E-state index is 13.1. The van der Waals surface area contributed by atoms with E-state index < -0.39 is 5.56 Å². The molecule has 0 aliphatic carbocycles. The van der Waals surface area contributed by atoms with Crippen molar-refractivity contribution in [3.8, 4) is 5.75 Å². The molecule has 0 spiro atoms. The van der Waals surface area contributed by atoms with Crippen molar-refractivity contribution in [2.75, 3.05) is 6.61 Å². The van der Waals surface area contributed by atoms with Gasteiger partial charge < -0.3 is 9.72 Å². The van der Waals surface area contributed by atoms with Crippen molar-refractivity contribution in [1.29, 1.82) is 0 Å². The van der Waals surface area contributed by atoms with Crippen LogP contribution >= 0.6 is 11.6 Å². The van der Waals surface area contributed by atoms with E-state index >= 15 is 0 Å². The second-order valence-corrected chi connectivity index (χ2v) is 4.73. The molecule has 0 amide bonds. The van der Waals surface area contributed by atoms with Crippen molar-refractivity contribution < 1.29 is 9.13 Å². The summed E-state index contributed by atoms with van der Waals surface area (Å²) in [6.07, 6.45) is 2.73. The zero-order chi connectivity index (χ0) is 15.3. The molecule has 20 heavy (non-hydrogen) atoms. The SMILES string of the molecule is C=C(COc1cc(C)[nH]c(=O)c1Cl)/C(C)=C\C(F)=C/C. The number of ether oxygens (including phenoxy) is 1. The Bertz CT molecular complexity index is 629. The lowest BCUT2D eigenvalue weighted by atomic mass is 10.1. The normalized spacial score (nSPS) is 12.4. The summed E-state index contributed by atoms with van der Waals surface area (Å²) in [5.74, 6) is -0.0537. The Morgan fingerprint density at radius 1 is 1.60 bits per heavy atom. The molecular weight excluding hydrogens is 281 g/mol. The van der Waals surface area contributed by atoms with E-state index in [9.17, 15) is 9.18 Å². The zero-order valence-corrected chi connectivity index (χ0v) is 12.5. The highest BCUT2D eigenvalue weighted by Gasteiger charge is 2.08. The van der Waals surface area contributed by atoms with Crippen LogP contribution in [0, 0.1) is 6.92 Å². The molecule has 1 N–H and O–H groups in total. The molecule has 0 radical (unpaired) electrons. The smallest absolute Gasteiger partial charge is 0.270 e. The first-order valence-corrected chi connectivity index (χ1v) is 6.43. The predicted molar refractivity (Wildman–Crippen MR) is 80.1 cm³/mol. The first-order valence-electron chi connectivity index (χ1n) is 6.05. The molecule has 0 aromatic carbocycles. The monoisotopic (exact) mass is 297 g/mol. The molecule has 108 valence electrons. The fourth-order valence-corrected chi connectivity index (χ4v) is 1.57. The molecule has 0 atom stereocenters. The van der Waals surface area contributed by atoms with Gasteiger partial charge in [-0.25, -0.2) is 4.39 Å². The number of aromatic nitrogens is 1. The highest BCUT2D eigenvalue weighted by molar-refractivity contribution is 6.31. The van der Waals surface area contributed by atoms with Gasteiger partial charge in [0, 0.05) is 11.8 Å². The lowest BCUT2D eigenvalue weighted by Crippen LogP contribution is -2.11. The molecule has 1 aromatic rings. The van der Waals surface area contributed by atoms with Gasteiger partial charge >= 0.3 is 0 Å². The molecule has 0 aliphatic heterocycles. The molecule has 0 saturated carbocycles. The van der Waals surface area contributed by atoms with Crippen LogP contribution in [0.25, 0.3) is 0 Å². The number of nitrogens with one attached hydrogen (secondary N) is 1. The number of pyridine rings is 1. The van der Waals surface area contributed by atoms with E-state index in [1.807, 2.05) is 0 Å². The predicted octanol–water partition coefficient (Wildman–Crippen LogP) is 4.09. The molecule has 5 heteroatoms. The van der Waals surface area contributed by atoms with Gasteiger partial charge in [0.05, 0.1) is 0 Å². The third kappa shape index (κ3) is 4.38. The van der Waals surface area contributed by atoms with Gasteiger partial charge in [0.15, 0.2) is 0 Å². The minimum Gasteiger partial charge on any atom is -0.487 e. The van der Waals surface area contributed by atoms with Crippen LogP contribution in [0.2, 0.25) is 5.02 Å². The Morgan fingerprint density at radius 3 is 2.85 bits per heavy atom. The fraction of sp³-hybridized carbons (Fsp3) is 0.267. The lowest BCUT2D eigenvalue weighted by molar-refractivity contribution is 0.353. The van der Waals surface area contributed by atoms with E-state index in [-0.39, 0.29) is 23.2 Å². The molecule has 0 bridgehead atoms. The van der Waals surface area contributed by atoms with E-state index in [1.54, 1.807) is 26.8 Å². The number of hydrogen-bond acceptors (Lipinski definition) is 2. The van der Waals surface area contributed by atoms with Crippen molar-refractivity contribution in [3.05, 3.63) is 62.8 Å². The molecule has 0 aliphatic rings. The first-order chi connectivity index (χ1) is 9.35. The summed E-state index contributed by atoms with van der Waals surface area (Å²) in [5.41, 5.74) is 1.51. The summed E-state index contributed by atoms with van der Waals surface area (Å²) in [6, 6.07) is 1.63. The Kier molecular flexibility index (Phi) is 5.77. The third-order valence-corrected chi connectivity index (χ3v) is 3.02. The van der Waals surface area contributed by atoms with Gasteiger partial charge in [-0.15, -0.1) is 0 Å². The summed E-state index contributed by atoms with van der Waals surface area (Å²) >= 11 is 5.85. The molecular formula is C15H17ClFNO2. The Morgan fingerprint density at radius 2 is 2.25 bits per heavy atom. The number of hydrogen-bond donors (Lipinski definition) is 1. The maximum absolute atomic E-state index is 13.1. The lowest BCUT2D eigenvalue weighted by Gasteiger charge is -2.10. The van der Waals surface area contributed by atoms with Gasteiger partial charge in [-0.1, -0.05) is 24.3 Å². The van der Waals surface area contributed by atoms with Gasteiger partial charge in [-0.2, -0.15) is 0 Å². The Balaban J connectivity index is 2.81. The average molecular weight is 298 g/mol. The third-order valence-electron chi connectivity index (χ3n) is 2.66. The van der Waals surface area contributed by atoms with E-state index in [1.165, 1.54) is 12.2 Å². The molecule has 0 fully saturated rings. The minimum absolute atomic E-state index is 0.00957. The van der Waals surface area contributed by atoms with E-state index in [2.05, 4.69) is 11.6 Å². The van der Waals surface area contributed by atoms with Crippen molar-refractivity contribution in [2.45, 2.75) is 20.8 Å². The van der Waals surface area contributed by atoms with Gasteiger partial charge in [0.2, 0.25) is 0 Å². The van der Waals surface area contributed by atoms with Crippen molar-refractivity contribution in [2.24, 2.45) is 0 Å². The number of rotatable bonds is 5.